The number of carbonyl (C=O) groups is 1. The normalized spacial score (nSPS) is 23.3. The molecule has 4 rings (SSSR count). The molecule has 3 atom stereocenters. The lowest BCUT2D eigenvalue weighted by atomic mass is 9.95. The first-order valence-electron chi connectivity index (χ1n) is 11.7. The van der Waals surface area contributed by atoms with E-state index in [9.17, 15) is 10.1 Å². The topological polar surface area (TPSA) is 111 Å². The van der Waals surface area contributed by atoms with Gasteiger partial charge in [-0.15, -0.1) is 21.5 Å². The molecule has 2 fully saturated rings. The Morgan fingerprint density at radius 3 is 2.55 bits per heavy atom. The van der Waals surface area contributed by atoms with Crippen molar-refractivity contribution >= 4 is 17.2 Å². The highest BCUT2D eigenvalue weighted by molar-refractivity contribution is 7.12. The Labute approximate surface area is 199 Å². The first-order valence-corrected chi connectivity index (χ1v) is 12.6. The van der Waals surface area contributed by atoms with E-state index in [2.05, 4.69) is 51.8 Å². The van der Waals surface area contributed by atoms with Crippen molar-refractivity contribution in [2.45, 2.75) is 89.4 Å². The van der Waals surface area contributed by atoms with Crippen LogP contribution in [0.3, 0.4) is 0 Å². The summed E-state index contributed by atoms with van der Waals surface area (Å²) in [6.07, 6.45) is 5.20. The summed E-state index contributed by atoms with van der Waals surface area (Å²) in [5.74, 6) is 2.17. The smallest absolute Gasteiger partial charge is 0.234 e. The minimum absolute atomic E-state index is 0.153. The zero-order chi connectivity index (χ0) is 23.5. The summed E-state index contributed by atoms with van der Waals surface area (Å²) in [5, 5.41) is 29.9. The molecule has 2 aliphatic heterocycles. The monoisotopic (exact) mass is 465 g/mol. The molecule has 2 aliphatic rings. The summed E-state index contributed by atoms with van der Waals surface area (Å²) in [4.78, 5) is 16.4. The summed E-state index contributed by atoms with van der Waals surface area (Å²) in [6, 6.07) is 9.11. The molecule has 2 aromatic rings. The second kappa shape index (κ2) is 10.0. The third-order valence-electron chi connectivity index (χ3n) is 6.96. The summed E-state index contributed by atoms with van der Waals surface area (Å²) >= 11 is 1.41. The van der Waals surface area contributed by atoms with Crippen molar-refractivity contribution < 1.29 is 4.79 Å². The Balaban J connectivity index is 1.45. The molecular formula is C24H31N7OS. The molecule has 2 bridgehead atoms. The van der Waals surface area contributed by atoms with Crippen LogP contribution in [0.15, 0.2) is 12.1 Å². The predicted molar refractivity (Wildman–Crippen MR) is 125 cm³/mol. The van der Waals surface area contributed by atoms with Gasteiger partial charge in [0.25, 0.3) is 0 Å². The van der Waals surface area contributed by atoms with Gasteiger partial charge in [0.1, 0.15) is 29.0 Å². The second-order valence-corrected chi connectivity index (χ2v) is 10.6. The lowest BCUT2D eigenvalue weighted by Crippen LogP contribution is -2.45. The molecule has 1 amide bonds. The fraction of sp³-hybridized carbons (Fsp3) is 0.625. The van der Waals surface area contributed by atoms with Gasteiger partial charge in [0.2, 0.25) is 5.91 Å². The molecule has 9 heteroatoms. The maximum Gasteiger partial charge on any atom is 0.234 e. The summed E-state index contributed by atoms with van der Waals surface area (Å²) in [6.45, 7) is 7.29. The van der Waals surface area contributed by atoms with Crippen molar-refractivity contribution in [3.05, 3.63) is 33.5 Å². The van der Waals surface area contributed by atoms with Crippen LogP contribution in [0.25, 0.3) is 0 Å². The van der Waals surface area contributed by atoms with Crippen LogP contribution in [-0.4, -0.2) is 44.2 Å². The van der Waals surface area contributed by atoms with Gasteiger partial charge in [-0.2, -0.15) is 10.5 Å². The van der Waals surface area contributed by atoms with E-state index in [1.165, 1.54) is 24.2 Å². The fourth-order valence-corrected chi connectivity index (χ4v) is 6.42. The van der Waals surface area contributed by atoms with Crippen molar-refractivity contribution in [3.8, 4) is 12.1 Å². The Bertz CT molecular complexity index is 1060. The lowest BCUT2D eigenvalue weighted by Gasteiger charge is -2.40. The fourth-order valence-electron chi connectivity index (χ4n) is 5.53. The molecule has 2 saturated heterocycles. The number of thiophene rings is 1. The number of nitrogens with zero attached hydrogens (tertiary/aromatic N) is 6. The second-order valence-electron chi connectivity index (χ2n) is 9.44. The summed E-state index contributed by atoms with van der Waals surface area (Å²) in [5.41, 5.74) is 0. The van der Waals surface area contributed by atoms with E-state index < -0.39 is 0 Å². The molecule has 0 aromatic carbocycles. The number of rotatable bonds is 8. The van der Waals surface area contributed by atoms with E-state index in [1.54, 1.807) is 6.07 Å². The van der Waals surface area contributed by atoms with Crippen LogP contribution in [0.5, 0.6) is 0 Å². The Kier molecular flexibility index (Phi) is 7.11. The number of carbonyl (C=O) groups excluding carboxylic acids is 1. The first-order chi connectivity index (χ1) is 15.9. The average molecular weight is 466 g/mol. The van der Waals surface area contributed by atoms with Crippen molar-refractivity contribution in [2.24, 2.45) is 0 Å². The van der Waals surface area contributed by atoms with Gasteiger partial charge in [-0.1, -0.05) is 13.8 Å². The molecule has 0 spiro atoms. The number of nitrogens with one attached hydrogen (secondary N) is 1. The molecular weight excluding hydrogens is 434 g/mol. The summed E-state index contributed by atoms with van der Waals surface area (Å²) < 4.78 is 2.37. The molecule has 0 aliphatic carbocycles. The molecule has 3 unspecified atom stereocenters. The number of piperidine rings is 1. The van der Waals surface area contributed by atoms with Gasteiger partial charge in [0.05, 0.1) is 12.1 Å². The van der Waals surface area contributed by atoms with Gasteiger partial charge < -0.3 is 9.88 Å². The van der Waals surface area contributed by atoms with E-state index >= 15 is 0 Å². The minimum Gasteiger partial charge on any atom is -0.348 e. The van der Waals surface area contributed by atoms with E-state index in [-0.39, 0.29) is 18.4 Å². The standard InChI is InChI=1S/C24H31N7OS/c1-15(2)24-29-28-16(3)31(24)19-12-17-4-5-18(13-19)30(17)11-9-21(27-23(32)8-10-25)22-7-6-20(14-26)33-22/h6-7,15,17-19,21H,4-5,8-9,11-13H2,1-3H3,(H,27,32). The predicted octanol–water partition coefficient (Wildman–Crippen LogP) is 3.97. The molecule has 0 radical (unpaired) electrons. The third kappa shape index (κ3) is 4.95. The van der Waals surface area contributed by atoms with Gasteiger partial charge in [-0.3, -0.25) is 9.69 Å². The van der Waals surface area contributed by atoms with Crippen LogP contribution in [0, 0.1) is 29.6 Å². The SMILES string of the molecule is Cc1nnc(C(C)C)n1C1CC2CCC(C1)N2CCC(NC(=O)CC#N)c1ccc(C#N)s1. The average Bonchev–Trinajstić information content (AvgIpc) is 3.47. The molecule has 4 heterocycles. The maximum absolute atomic E-state index is 12.2. The molecule has 1 N–H and O–H groups in total. The highest BCUT2D eigenvalue weighted by Crippen LogP contribution is 2.42. The zero-order valence-electron chi connectivity index (χ0n) is 19.5. The zero-order valence-corrected chi connectivity index (χ0v) is 20.3. The van der Waals surface area contributed by atoms with E-state index in [4.69, 9.17) is 5.26 Å². The maximum atomic E-state index is 12.2. The highest BCUT2D eigenvalue weighted by Gasteiger charge is 2.42. The summed E-state index contributed by atoms with van der Waals surface area (Å²) in [7, 11) is 0. The Hall–Kier alpha value is -2.75. The number of hydrogen-bond acceptors (Lipinski definition) is 7. The van der Waals surface area contributed by atoms with Crippen LogP contribution in [0.4, 0.5) is 0 Å². The molecule has 0 saturated carbocycles. The Morgan fingerprint density at radius 1 is 1.21 bits per heavy atom. The first kappa shape index (κ1) is 23.4. The van der Waals surface area contributed by atoms with Gasteiger partial charge in [-0.25, -0.2) is 0 Å². The third-order valence-corrected chi connectivity index (χ3v) is 8.07. The Morgan fingerprint density at radius 2 is 1.94 bits per heavy atom. The van der Waals surface area contributed by atoms with Gasteiger partial charge in [-0.05, 0) is 51.2 Å². The number of amides is 1. The van der Waals surface area contributed by atoms with E-state index in [0.717, 1.165) is 42.3 Å². The largest absolute Gasteiger partial charge is 0.348 e. The molecule has 174 valence electrons. The van der Waals surface area contributed by atoms with E-state index in [1.807, 2.05) is 12.1 Å². The molecule has 2 aromatic heterocycles. The van der Waals surface area contributed by atoms with Crippen molar-refractivity contribution in [1.82, 2.24) is 25.0 Å². The van der Waals surface area contributed by atoms with Crippen molar-refractivity contribution in [3.63, 3.8) is 0 Å². The number of nitriles is 2. The highest BCUT2D eigenvalue weighted by atomic mass is 32.1. The number of aryl methyl sites for hydroxylation is 1. The van der Waals surface area contributed by atoms with Crippen LogP contribution < -0.4 is 5.32 Å². The van der Waals surface area contributed by atoms with Gasteiger partial charge in [0, 0.05) is 35.5 Å². The van der Waals surface area contributed by atoms with Crippen molar-refractivity contribution in [1.29, 1.82) is 10.5 Å². The van der Waals surface area contributed by atoms with E-state index in [0.29, 0.717) is 28.9 Å². The lowest BCUT2D eigenvalue weighted by molar-refractivity contribution is -0.120. The van der Waals surface area contributed by atoms with Crippen molar-refractivity contribution in [2.75, 3.05) is 6.54 Å². The van der Waals surface area contributed by atoms with Crippen LogP contribution in [0.1, 0.15) is 91.8 Å². The molecule has 33 heavy (non-hydrogen) atoms. The van der Waals surface area contributed by atoms with Crippen LogP contribution in [-0.2, 0) is 4.79 Å². The quantitative estimate of drug-likeness (QED) is 0.631. The number of fused-ring (bicyclic) bond motifs is 2. The van der Waals surface area contributed by atoms with Crippen LogP contribution in [0.2, 0.25) is 0 Å². The minimum atomic E-state index is -0.264. The van der Waals surface area contributed by atoms with Gasteiger partial charge in [0.15, 0.2) is 0 Å². The van der Waals surface area contributed by atoms with Crippen LogP contribution >= 0.6 is 11.3 Å². The number of hydrogen-bond donors (Lipinski definition) is 1. The van der Waals surface area contributed by atoms with Gasteiger partial charge >= 0.3 is 0 Å². The number of aromatic nitrogens is 3. The molecule has 8 nitrogen and oxygen atoms in total.